The van der Waals surface area contributed by atoms with E-state index >= 15 is 0 Å². The van der Waals surface area contributed by atoms with Crippen molar-refractivity contribution in [1.82, 2.24) is 0 Å². The third-order valence-electron chi connectivity index (χ3n) is 1.97. The zero-order chi connectivity index (χ0) is 11.4. The lowest BCUT2D eigenvalue weighted by Gasteiger charge is -2.08. The molecule has 0 amide bonds. The molecule has 0 bridgehead atoms. The summed E-state index contributed by atoms with van der Waals surface area (Å²) in [5, 5.41) is 18.4. The van der Waals surface area contributed by atoms with E-state index in [-0.39, 0.29) is 17.1 Å². The fraction of sp³-hybridized carbons (Fsp3) is 0.182. The molecule has 0 atom stereocenters. The van der Waals surface area contributed by atoms with Crippen molar-refractivity contribution in [3.8, 4) is 11.5 Å². The zero-order valence-electron chi connectivity index (χ0n) is 8.36. The van der Waals surface area contributed by atoms with Gasteiger partial charge in [0.05, 0.1) is 7.11 Å². The van der Waals surface area contributed by atoms with E-state index in [0.29, 0.717) is 6.42 Å². The lowest BCUT2D eigenvalue weighted by Crippen LogP contribution is -2.00. The molecule has 1 aromatic carbocycles. The van der Waals surface area contributed by atoms with Crippen LogP contribution in [-0.2, 0) is 6.42 Å². The smallest absolute Gasteiger partial charge is 0.339 e. The summed E-state index contributed by atoms with van der Waals surface area (Å²) in [6.07, 6.45) is 2.17. The van der Waals surface area contributed by atoms with E-state index in [1.807, 2.05) is 0 Å². The average molecular weight is 208 g/mol. The number of phenols is 1. The van der Waals surface area contributed by atoms with E-state index in [1.165, 1.54) is 13.2 Å². The summed E-state index contributed by atoms with van der Waals surface area (Å²) in [7, 11) is 1.37. The van der Waals surface area contributed by atoms with Crippen molar-refractivity contribution < 1.29 is 19.7 Å². The lowest BCUT2D eigenvalue weighted by molar-refractivity contribution is 0.0693. The molecule has 0 radical (unpaired) electrons. The van der Waals surface area contributed by atoms with Gasteiger partial charge in [0.2, 0.25) is 0 Å². The Hall–Kier alpha value is -1.97. The Balaban J connectivity index is 3.31. The van der Waals surface area contributed by atoms with Gasteiger partial charge in [-0.15, -0.1) is 6.58 Å². The Bertz CT molecular complexity index is 396. The molecule has 0 fully saturated rings. The molecule has 0 spiro atoms. The first-order valence-corrected chi connectivity index (χ1v) is 4.34. The second-order valence-corrected chi connectivity index (χ2v) is 2.99. The van der Waals surface area contributed by atoms with Crippen LogP contribution in [-0.4, -0.2) is 23.3 Å². The maximum absolute atomic E-state index is 10.8. The number of benzene rings is 1. The Kier molecular flexibility index (Phi) is 3.33. The van der Waals surface area contributed by atoms with Crippen LogP contribution in [0.5, 0.6) is 11.5 Å². The first-order chi connectivity index (χ1) is 7.10. The molecule has 1 rings (SSSR count). The van der Waals surface area contributed by atoms with Crippen molar-refractivity contribution >= 4 is 5.97 Å². The maximum Gasteiger partial charge on any atom is 0.339 e. The quantitative estimate of drug-likeness (QED) is 0.741. The second-order valence-electron chi connectivity index (χ2n) is 2.99. The summed E-state index contributed by atoms with van der Waals surface area (Å²) < 4.78 is 4.88. The Morgan fingerprint density at radius 2 is 2.27 bits per heavy atom. The molecule has 0 saturated heterocycles. The van der Waals surface area contributed by atoms with Gasteiger partial charge in [0, 0.05) is 0 Å². The van der Waals surface area contributed by atoms with Gasteiger partial charge in [-0.1, -0.05) is 6.08 Å². The SMILES string of the molecule is C=CCc1cc(OC)c(O)c(C(=O)O)c1. The minimum absolute atomic E-state index is 0.159. The van der Waals surface area contributed by atoms with E-state index in [9.17, 15) is 9.90 Å². The Morgan fingerprint density at radius 1 is 1.60 bits per heavy atom. The van der Waals surface area contributed by atoms with Crippen molar-refractivity contribution in [2.45, 2.75) is 6.42 Å². The molecular formula is C11H12O4. The molecule has 4 heteroatoms. The number of hydrogen-bond acceptors (Lipinski definition) is 3. The van der Waals surface area contributed by atoms with Crippen LogP contribution in [0.4, 0.5) is 0 Å². The van der Waals surface area contributed by atoms with Gasteiger partial charge in [-0.25, -0.2) is 4.79 Å². The molecule has 15 heavy (non-hydrogen) atoms. The first kappa shape index (κ1) is 11.1. The van der Waals surface area contributed by atoms with Crippen molar-refractivity contribution in [3.05, 3.63) is 35.9 Å². The second kappa shape index (κ2) is 4.50. The molecule has 80 valence electrons. The predicted octanol–water partition coefficient (Wildman–Crippen LogP) is 1.83. The highest BCUT2D eigenvalue weighted by atomic mass is 16.5. The highest BCUT2D eigenvalue weighted by molar-refractivity contribution is 5.92. The molecule has 0 unspecified atom stereocenters. The van der Waals surface area contributed by atoms with E-state index in [2.05, 4.69) is 6.58 Å². The van der Waals surface area contributed by atoms with Gasteiger partial charge in [0.1, 0.15) is 5.56 Å². The lowest BCUT2D eigenvalue weighted by atomic mass is 10.1. The molecule has 0 aromatic heterocycles. The van der Waals surface area contributed by atoms with E-state index < -0.39 is 5.97 Å². The number of carboxylic acids is 1. The molecule has 2 N–H and O–H groups in total. The molecule has 0 aliphatic rings. The number of aromatic carboxylic acids is 1. The van der Waals surface area contributed by atoms with Gasteiger partial charge in [-0.2, -0.15) is 0 Å². The number of methoxy groups -OCH3 is 1. The van der Waals surface area contributed by atoms with Crippen molar-refractivity contribution in [2.24, 2.45) is 0 Å². The van der Waals surface area contributed by atoms with E-state index in [4.69, 9.17) is 9.84 Å². The van der Waals surface area contributed by atoms with Gasteiger partial charge in [0.25, 0.3) is 0 Å². The maximum atomic E-state index is 10.8. The van der Waals surface area contributed by atoms with Gasteiger partial charge in [-0.05, 0) is 24.1 Å². The molecule has 1 aromatic rings. The molecule has 0 heterocycles. The van der Waals surface area contributed by atoms with E-state index in [0.717, 1.165) is 5.56 Å². The van der Waals surface area contributed by atoms with E-state index in [1.54, 1.807) is 12.1 Å². The van der Waals surface area contributed by atoms with Gasteiger partial charge >= 0.3 is 5.97 Å². The van der Waals surface area contributed by atoms with Crippen LogP contribution in [0.3, 0.4) is 0 Å². The van der Waals surface area contributed by atoms with Crippen LogP contribution < -0.4 is 4.74 Å². The molecule has 0 aliphatic heterocycles. The Labute approximate surface area is 87.4 Å². The van der Waals surface area contributed by atoms with Crippen LogP contribution in [0.1, 0.15) is 15.9 Å². The van der Waals surface area contributed by atoms with Gasteiger partial charge in [-0.3, -0.25) is 0 Å². The third kappa shape index (κ3) is 2.28. The van der Waals surface area contributed by atoms with Crippen LogP contribution in [0, 0.1) is 0 Å². The summed E-state index contributed by atoms with van der Waals surface area (Å²) in [4.78, 5) is 10.8. The Morgan fingerprint density at radius 3 is 2.73 bits per heavy atom. The standard InChI is InChI=1S/C11H12O4/c1-3-4-7-5-8(11(13)14)10(12)9(6-7)15-2/h3,5-6,12H,1,4H2,2H3,(H,13,14). The fourth-order valence-electron chi connectivity index (χ4n) is 1.27. The topological polar surface area (TPSA) is 66.8 Å². The number of ether oxygens (including phenoxy) is 1. The fourth-order valence-corrected chi connectivity index (χ4v) is 1.27. The average Bonchev–Trinajstić information content (AvgIpc) is 2.20. The summed E-state index contributed by atoms with van der Waals surface area (Å²) in [5.74, 6) is -1.37. The number of aromatic hydroxyl groups is 1. The molecule has 4 nitrogen and oxygen atoms in total. The summed E-state index contributed by atoms with van der Waals surface area (Å²) in [5.41, 5.74) is 0.572. The molecule has 0 aliphatic carbocycles. The minimum atomic E-state index is -1.18. The monoisotopic (exact) mass is 208 g/mol. The number of carboxylic acid groups (broad SMARTS) is 1. The summed E-state index contributed by atoms with van der Waals surface area (Å²) in [6, 6.07) is 2.99. The minimum Gasteiger partial charge on any atom is -0.504 e. The molecular weight excluding hydrogens is 196 g/mol. The summed E-state index contributed by atoms with van der Waals surface area (Å²) in [6.45, 7) is 3.56. The van der Waals surface area contributed by atoms with Crippen LogP contribution >= 0.6 is 0 Å². The van der Waals surface area contributed by atoms with Gasteiger partial charge < -0.3 is 14.9 Å². The number of allylic oxidation sites excluding steroid dienone is 1. The molecule has 0 saturated carbocycles. The zero-order valence-corrected chi connectivity index (χ0v) is 8.36. The number of hydrogen-bond donors (Lipinski definition) is 2. The van der Waals surface area contributed by atoms with Crippen molar-refractivity contribution in [2.75, 3.05) is 7.11 Å². The van der Waals surface area contributed by atoms with Crippen LogP contribution in [0.2, 0.25) is 0 Å². The van der Waals surface area contributed by atoms with Gasteiger partial charge in [0.15, 0.2) is 11.5 Å². The van der Waals surface area contributed by atoms with Crippen molar-refractivity contribution in [3.63, 3.8) is 0 Å². The highest BCUT2D eigenvalue weighted by Crippen LogP contribution is 2.31. The number of carbonyl (C=O) groups is 1. The predicted molar refractivity (Wildman–Crippen MR) is 55.5 cm³/mol. The summed E-state index contributed by atoms with van der Waals surface area (Å²) >= 11 is 0. The normalized spacial score (nSPS) is 9.67. The largest absolute Gasteiger partial charge is 0.504 e. The van der Waals surface area contributed by atoms with Crippen LogP contribution in [0.25, 0.3) is 0 Å². The highest BCUT2D eigenvalue weighted by Gasteiger charge is 2.15. The van der Waals surface area contributed by atoms with Crippen LogP contribution in [0.15, 0.2) is 24.8 Å². The first-order valence-electron chi connectivity index (χ1n) is 4.34. The number of rotatable bonds is 4. The third-order valence-corrected chi connectivity index (χ3v) is 1.97. The van der Waals surface area contributed by atoms with Crippen molar-refractivity contribution in [1.29, 1.82) is 0 Å².